The maximum atomic E-state index is 12.8. The number of nitrogens with zero attached hydrogens (tertiary/aromatic N) is 2. The van der Waals surface area contributed by atoms with E-state index in [4.69, 9.17) is 5.11 Å². The highest BCUT2D eigenvalue weighted by Crippen LogP contribution is 2.13. The molecular weight excluding hydrogens is 307 g/mol. The van der Waals surface area contributed by atoms with Crippen LogP contribution in [0.4, 0.5) is 4.39 Å². The van der Waals surface area contributed by atoms with Crippen molar-refractivity contribution in [1.29, 1.82) is 0 Å². The summed E-state index contributed by atoms with van der Waals surface area (Å²) in [6, 6.07) is 4.98. The van der Waals surface area contributed by atoms with Crippen molar-refractivity contribution in [3.63, 3.8) is 0 Å². The summed E-state index contributed by atoms with van der Waals surface area (Å²) in [7, 11) is -3.33. The molecule has 1 fully saturated rings. The number of rotatable bonds is 7. The van der Waals surface area contributed by atoms with Gasteiger partial charge in [0, 0.05) is 32.7 Å². The Hall–Kier alpha value is -1.02. The van der Waals surface area contributed by atoms with Crippen LogP contribution in [0.25, 0.3) is 0 Å². The van der Waals surface area contributed by atoms with E-state index in [1.54, 1.807) is 0 Å². The highest BCUT2D eigenvalue weighted by atomic mass is 32.2. The number of β-amino-alcohol motifs (C(OH)–C–C–N with tert-alkyl or cyclic N) is 1. The monoisotopic (exact) mass is 330 g/mol. The molecule has 1 aliphatic heterocycles. The lowest BCUT2D eigenvalue weighted by atomic mass is 10.3. The molecule has 1 heterocycles. The van der Waals surface area contributed by atoms with E-state index >= 15 is 0 Å². The number of aliphatic hydroxyl groups is 1. The molecule has 124 valence electrons. The van der Waals surface area contributed by atoms with Gasteiger partial charge in [-0.2, -0.15) is 0 Å². The molecule has 1 aliphatic rings. The summed E-state index contributed by atoms with van der Waals surface area (Å²) in [6.07, 6.45) is 0.569. The molecule has 1 saturated heterocycles. The Morgan fingerprint density at radius 1 is 1.00 bits per heavy atom. The van der Waals surface area contributed by atoms with Crippen LogP contribution < -0.4 is 0 Å². The van der Waals surface area contributed by atoms with Crippen LogP contribution in [0, 0.1) is 5.82 Å². The summed E-state index contributed by atoms with van der Waals surface area (Å²) in [5.74, 6) is -0.352. The smallest absolute Gasteiger partial charge is 0.178 e. The van der Waals surface area contributed by atoms with Crippen molar-refractivity contribution in [3.05, 3.63) is 30.1 Å². The molecule has 0 radical (unpaired) electrons. The number of sulfone groups is 1. The van der Waals surface area contributed by atoms with Gasteiger partial charge in [-0.15, -0.1) is 0 Å². The third-order valence-electron chi connectivity index (χ3n) is 3.94. The molecule has 2 rings (SSSR count). The zero-order chi connectivity index (χ0) is 16.0. The molecule has 1 aromatic carbocycles. The average Bonchev–Trinajstić information content (AvgIpc) is 2.50. The molecule has 1 aromatic rings. The van der Waals surface area contributed by atoms with E-state index in [2.05, 4.69) is 9.80 Å². The fourth-order valence-corrected chi connectivity index (χ4v) is 3.91. The lowest BCUT2D eigenvalue weighted by Crippen LogP contribution is -2.47. The summed E-state index contributed by atoms with van der Waals surface area (Å²) in [5.41, 5.74) is 0. The van der Waals surface area contributed by atoms with Gasteiger partial charge < -0.3 is 10.0 Å². The van der Waals surface area contributed by atoms with Gasteiger partial charge in [-0.05, 0) is 37.2 Å². The van der Waals surface area contributed by atoms with Gasteiger partial charge >= 0.3 is 0 Å². The van der Waals surface area contributed by atoms with Gasteiger partial charge in [-0.25, -0.2) is 12.8 Å². The highest BCUT2D eigenvalue weighted by molar-refractivity contribution is 7.91. The predicted molar refractivity (Wildman–Crippen MR) is 83.0 cm³/mol. The normalized spacial score (nSPS) is 17.7. The first kappa shape index (κ1) is 17.3. The third kappa shape index (κ3) is 5.01. The fourth-order valence-electron chi connectivity index (χ4n) is 2.62. The number of hydrogen-bond acceptors (Lipinski definition) is 5. The topological polar surface area (TPSA) is 60.9 Å². The van der Waals surface area contributed by atoms with Crippen LogP contribution in [0.5, 0.6) is 0 Å². The van der Waals surface area contributed by atoms with E-state index in [9.17, 15) is 12.8 Å². The standard InChI is InChI=1S/C15H23FN2O3S/c16-14-2-4-15(5-3-14)22(20,21)13-1-6-17-7-9-18(10-8-17)11-12-19/h2-5,19H,1,6-13H2. The molecule has 1 N–H and O–H groups in total. The van der Waals surface area contributed by atoms with E-state index in [0.29, 0.717) is 13.0 Å². The van der Waals surface area contributed by atoms with Gasteiger partial charge in [0.1, 0.15) is 5.82 Å². The summed E-state index contributed by atoms with van der Waals surface area (Å²) in [6.45, 7) is 5.24. The SMILES string of the molecule is O=S(=O)(CCCN1CCN(CCO)CC1)c1ccc(F)cc1. The first-order valence-corrected chi connectivity index (χ1v) is 9.20. The maximum Gasteiger partial charge on any atom is 0.178 e. The molecular formula is C15H23FN2O3S. The minimum Gasteiger partial charge on any atom is -0.395 e. The van der Waals surface area contributed by atoms with Crippen molar-refractivity contribution < 1.29 is 17.9 Å². The summed E-state index contributed by atoms with van der Waals surface area (Å²) >= 11 is 0. The van der Waals surface area contributed by atoms with Gasteiger partial charge in [0.2, 0.25) is 0 Å². The van der Waals surface area contributed by atoms with Crippen LogP contribution in [0.15, 0.2) is 29.2 Å². The van der Waals surface area contributed by atoms with Crippen LogP contribution in [0.3, 0.4) is 0 Å². The zero-order valence-electron chi connectivity index (χ0n) is 12.6. The van der Waals surface area contributed by atoms with E-state index in [0.717, 1.165) is 32.7 Å². The van der Waals surface area contributed by atoms with Crippen LogP contribution in [-0.4, -0.2) is 75.0 Å². The lowest BCUT2D eigenvalue weighted by Gasteiger charge is -2.34. The van der Waals surface area contributed by atoms with Crippen molar-refractivity contribution in [2.45, 2.75) is 11.3 Å². The van der Waals surface area contributed by atoms with E-state index in [-0.39, 0.29) is 17.3 Å². The molecule has 0 saturated carbocycles. The summed E-state index contributed by atoms with van der Waals surface area (Å²) in [4.78, 5) is 4.63. The predicted octanol–water partition coefficient (Wildman–Crippen LogP) is 0.599. The Labute approximate surface area is 131 Å². The molecule has 0 atom stereocenters. The second-order valence-corrected chi connectivity index (χ2v) is 7.64. The second-order valence-electron chi connectivity index (χ2n) is 5.53. The molecule has 0 aliphatic carbocycles. The number of aliphatic hydroxyl groups excluding tert-OH is 1. The Morgan fingerprint density at radius 2 is 1.55 bits per heavy atom. The molecule has 7 heteroatoms. The van der Waals surface area contributed by atoms with Crippen molar-refractivity contribution >= 4 is 9.84 Å². The van der Waals surface area contributed by atoms with E-state index in [1.165, 1.54) is 24.3 Å². The van der Waals surface area contributed by atoms with Gasteiger partial charge in [-0.1, -0.05) is 0 Å². The Morgan fingerprint density at radius 3 is 2.09 bits per heavy atom. The average molecular weight is 330 g/mol. The summed E-state index contributed by atoms with van der Waals surface area (Å²) < 4.78 is 37.1. The van der Waals surface area contributed by atoms with Crippen LogP contribution in [0.1, 0.15) is 6.42 Å². The number of hydrogen-bond donors (Lipinski definition) is 1. The fraction of sp³-hybridized carbons (Fsp3) is 0.600. The van der Waals surface area contributed by atoms with Crippen LogP contribution >= 0.6 is 0 Å². The van der Waals surface area contributed by atoms with Crippen molar-refractivity contribution in [2.24, 2.45) is 0 Å². The van der Waals surface area contributed by atoms with Crippen molar-refractivity contribution in [3.8, 4) is 0 Å². The highest BCUT2D eigenvalue weighted by Gasteiger charge is 2.18. The van der Waals surface area contributed by atoms with Gasteiger partial charge in [0.05, 0.1) is 17.3 Å². The zero-order valence-corrected chi connectivity index (χ0v) is 13.4. The molecule has 5 nitrogen and oxygen atoms in total. The number of piperazine rings is 1. The largest absolute Gasteiger partial charge is 0.395 e. The van der Waals surface area contributed by atoms with E-state index < -0.39 is 15.7 Å². The first-order chi connectivity index (χ1) is 10.5. The van der Waals surface area contributed by atoms with Gasteiger partial charge in [0.25, 0.3) is 0 Å². The van der Waals surface area contributed by atoms with E-state index in [1.807, 2.05) is 0 Å². The minimum absolute atomic E-state index is 0.0789. The number of halogens is 1. The maximum absolute atomic E-state index is 12.8. The van der Waals surface area contributed by atoms with Crippen LogP contribution in [0.2, 0.25) is 0 Å². The van der Waals surface area contributed by atoms with Crippen molar-refractivity contribution in [2.75, 3.05) is 51.6 Å². The Balaban J connectivity index is 1.75. The first-order valence-electron chi connectivity index (χ1n) is 7.55. The van der Waals surface area contributed by atoms with Gasteiger partial charge in [0.15, 0.2) is 9.84 Å². The van der Waals surface area contributed by atoms with Crippen LogP contribution in [-0.2, 0) is 9.84 Å². The van der Waals surface area contributed by atoms with Crippen molar-refractivity contribution in [1.82, 2.24) is 9.80 Å². The molecule has 0 spiro atoms. The third-order valence-corrected chi connectivity index (χ3v) is 5.76. The summed E-state index contributed by atoms with van der Waals surface area (Å²) in [5, 5.41) is 8.90. The lowest BCUT2D eigenvalue weighted by molar-refractivity contribution is 0.113. The quantitative estimate of drug-likeness (QED) is 0.742. The molecule has 0 bridgehead atoms. The molecule has 0 amide bonds. The second kappa shape index (κ2) is 8.01. The molecule has 0 unspecified atom stereocenters. The minimum atomic E-state index is -3.33. The Bertz CT molecular complexity index is 555. The Kier molecular flexibility index (Phi) is 6.31. The molecule has 22 heavy (non-hydrogen) atoms. The molecule has 0 aromatic heterocycles. The van der Waals surface area contributed by atoms with Gasteiger partial charge in [-0.3, -0.25) is 4.90 Å². The number of benzene rings is 1.